The Labute approximate surface area is 205 Å². The van der Waals surface area contributed by atoms with E-state index in [1.807, 2.05) is 47.9 Å². The number of benzene rings is 2. The molecule has 0 spiro atoms. The molecule has 5 rings (SSSR count). The van der Waals surface area contributed by atoms with E-state index in [0.29, 0.717) is 47.1 Å². The molecule has 0 aliphatic carbocycles. The third-order valence-corrected chi connectivity index (χ3v) is 6.04. The Balaban J connectivity index is 1.31. The minimum atomic E-state index is -1.04. The number of aromatic amines is 1. The quantitative estimate of drug-likeness (QED) is 0.290. The number of methoxy groups -OCH3 is 1. The lowest BCUT2D eigenvalue weighted by molar-refractivity contribution is 0.0698. The zero-order valence-electron chi connectivity index (χ0n) is 19.6. The first-order valence-corrected chi connectivity index (χ1v) is 11.2. The molecule has 0 fully saturated rings. The first kappa shape index (κ1) is 23.0. The Morgan fingerprint density at radius 2 is 1.92 bits per heavy atom. The average molecular weight is 487 g/mol. The van der Waals surface area contributed by atoms with Gasteiger partial charge in [-0.1, -0.05) is 24.3 Å². The van der Waals surface area contributed by atoms with Crippen molar-refractivity contribution in [2.75, 3.05) is 19.0 Å². The number of aromatic nitrogens is 5. The van der Waals surface area contributed by atoms with Gasteiger partial charge in [0.2, 0.25) is 0 Å². The Kier molecular flexibility index (Phi) is 6.07. The summed E-state index contributed by atoms with van der Waals surface area (Å²) < 4.78 is 21.9. The number of aryl methyl sites for hydroxylation is 1. The molecule has 0 bridgehead atoms. The Bertz CT molecular complexity index is 1560. The zero-order chi connectivity index (χ0) is 25.2. The van der Waals surface area contributed by atoms with Gasteiger partial charge in [0, 0.05) is 41.4 Å². The van der Waals surface area contributed by atoms with Gasteiger partial charge in [0.1, 0.15) is 29.3 Å². The summed E-state index contributed by atoms with van der Waals surface area (Å²) in [6, 6.07) is 14.2. The number of carboxylic acids is 1. The average Bonchev–Trinajstić information content (AvgIpc) is 3.50. The summed E-state index contributed by atoms with van der Waals surface area (Å²) in [4.78, 5) is 20.0. The van der Waals surface area contributed by atoms with Crippen LogP contribution in [0.25, 0.3) is 33.4 Å². The Hall–Kier alpha value is -4.73. The standard InChI is InChI=1S/C26H23FN6O3/c1-15-11-18-22(36-2)8-7-20(27)25(18)33(15)10-9-28-23-12-21(29-14-30-23)16-3-5-17(6-4-16)24-19(26(34)35)13-31-32-24/h3-8,11-14H,9-10H2,1-2H3,(H,31,32)(H,34,35)(H,28,29,30). The number of carbonyl (C=O) groups is 1. The highest BCUT2D eigenvalue weighted by atomic mass is 19.1. The molecule has 0 unspecified atom stereocenters. The number of carboxylic acid groups (broad SMARTS) is 1. The zero-order valence-corrected chi connectivity index (χ0v) is 19.6. The Morgan fingerprint density at radius 3 is 2.67 bits per heavy atom. The maximum absolute atomic E-state index is 14.6. The minimum Gasteiger partial charge on any atom is -0.496 e. The van der Waals surface area contributed by atoms with E-state index in [1.165, 1.54) is 18.6 Å². The second-order valence-corrected chi connectivity index (χ2v) is 8.21. The summed E-state index contributed by atoms with van der Waals surface area (Å²) in [5.41, 5.74) is 4.27. The predicted molar refractivity (Wildman–Crippen MR) is 134 cm³/mol. The number of aromatic carboxylic acids is 1. The lowest BCUT2D eigenvalue weighted by Crippen LogP contribution is -2.13. The lowest BCUT2D eigenvalue weighted by Gasteiger charge is -2.12. The van der Waals surface area contributed by atoms with Crippen LogP contribution in [0.5, 0.6) is 5.75 Å². The van der Waals surface area contributed by atoms with Gasteiger partial charge in [0.25, 0.3) is 0 Å². The van der Waals surface area contributed by atoms with Crippen LogP contribution in [0.2, 0.25) is 0 Å². The summed E-state index contributed by atoms with van der Waals surface area (Å²) >= 11 is 0. The van der Waals surface area contributed by atoms with E-state index < -0.39 is 5.97 Å². The van der Waals surface area contributed by atoms with E-state index in [0.717, 1.165) is 16.6 Å². The van der Waals surface area contributed by atoms with Crippen molar-refractivity contribution in [2.45, 2.75) is 13.5 Å². The molecule has 0 aliphatic rings. The van der Waals surface area contributed by atoms with Crippen LogP contribution in [-0.2, 0) is 6.54 Å². The predicted octanol–water partition coefficient (Wildman–Crippen LogP) is 4.75. The molecule has 2 aromatic carbocycles. The summed E-state index contributed by atoms with van der Waals surface area (Å²) in [6.45, 7) is 2.99. The van der Waals surface area contributed by atoms with Crippen molar-refractivity contribution < 1.29 is 19.0 Å². The van der Waals surface area contributed by atoms with Gasteiger partial charge in [-0.05, 0) is 25.1 Å². The van der Waals surface area contributed by atoms with Gasteiger partial charge >= 0.3 is 5.97 Å². The van der Waals surface area contributed by atoms with Gasteiger partial charge in [-0.25, -0.2) is 19.2 Å². The number of fused-ring (bicyclic) bond motifs is 1. The normalized spacial score (nSPS) is 11.1. The van der Waals surface area contributed by atoms with Crippen LogP contribution < -0.4 is 10.1 Å². The van der Waals surface area contributed by atoms with E-state index >= 15 is 0 Å². The second-order valence-electron chi connectivity index (χ2n) is 8.21. The number of H-pyrrole nitrogens is 1. The van der Waals surface area contributed by atoms with Gasteiger partial charge in [0.05, 0.1) is 30.2 Å². The van der Waals surface area contributed by atoms with Crippen LogP contribution in [0.1, 0.15) is 16.1 Å². The van der Waals surface area contributed by atoms with Crippen molar-refractivity contribution in [1.29, 1.82) is 0 Å². The fourth-order valence-corrected chi connectivity index (χ4v) is 4.29. The fourth-order valence-electron chi connectivity index (χ4n) is 4.29. The first-order valence-electron chi connectivity index (χ1n) is 11.2. The number of hydrogen-bond acceptors (Lipinski definition) is 6. The third-order valence-electron chi connectivity index (χ3n) is 6.04. The molecule has 0 amide bonds. The van der Waals surface area contributed by atoms with E-state index in [-0.39, 0.29) is 11.4 Å². The van der Waals surface area contributed by atoms with Gasteiger partial charge in [0.15, 0.2) is 0 Å². The molecule has 182 valence electrons. The molecule has 3 N–H and O–H groups in total. The maximum atomic E-state index is 14.6. The molecule has 5 aromatic rings. The summed E-state index contributed by atoms with van der Waals surface area (Å²) in [7, 11) is 1.58. The van der Waals surface area contributed by atoms with Crippen LogP contribution in [0.3, 0.4) is 0 Å². The van der Waals surface area contributed by atoms with Crippen molar-refractivity contribution in [3.8, 4) is 28.3 Å². The highest BCUT2D eigenvalue weighted by molar-refractivity contribution is 5.94. The molecule has 0 atom stereocenters. The number of nitrogens with zero attached hydrogens (tertiary/aromatic N) is 4. The molecular formula is C26H23FN6O3. The van der Waals surface area contributed by atoms with Crippen LogP contribution in [-0.4, -0.2) is 49.5 Å². The van der Waals surface area contributed by atoms with Gasteiger partial charge in [-0.15, -0.1) is 0 Å². The van der Waals surface area contributed by atoms with Crippen molar-refractivity contribution in [2.24, 2.45) is 0 Å². The highest BCUT2D eigenvalue weighted by Gasteiger charge is 2.15. The van der Waals surface area contributed by atoms with Gasteiger partial charge < -0.3 is 19.7 Å². The number of halogens is 1. The molecule has 10 heteroatoms. The second kappa shape index (κ2) is 9.49. The molecule has 0 saturated carbocycles. The number of rotatable bonds is 8. The fraction of sp³-hybridized carbons (Fsp3) is 0.154. The van der Waals surface area contributed by atoms with Crippen molar-refractivity contribution >= 4 is 22.7 Å². The molecule has 9 nitrogen and oxygen atoms in total. The summed E-state index contributed by atoms with van der Waals surface area (Å²) in [6.07, 6.45) is 2.76. The Morgan fingerprint density at radius 1 is 1.14 bits per heavy atom. The number of nitrogens with one attached hydrogen (secondary N) is 2. The molecule has 0 aliphatic heterocycles. The van der Waals surface area contributed by atoms with Crippen LogP contribution >= 0.6 is 0 Å². The van der Waals surface area contributed by atoms with E-state index in [1.54, 1.807) is 13.2 Å². The highest BCUT2D eigenvalue weighted by Crippen LogP contribution is 2.31. The van der Waals surface area contributed by atoms with Crippen LogP contribution in [0.15, 0.2) is 61.1 Å². The van der Waals surface area contributed by atoms with Crippen LogP contribution in [0, 0.1) is 12.7 Å². The monoisotopic (exact) mass is 486 g/mol. The van der Waals surface area contributed by atoms with Gasteiger partial charge in [-0.2, -0.15) is 5.10 Å². The minimum absolute atomic E-state index is 0.111. The summed E-state index contributed by atoms with van der Waals surface area (Å²) in [5, 5.41) is 19.9. The molecule has 0 radical (unpaired) electrons. The topological polar surface area (TPSA) is 118 Å². The smallest absolute Gasteiger partial charge is 0.339 e. The summed E-state index contributed by atoms with van der Waals surface area (Å²) in [5.74, 6) is -0.0612. The van der Waals surface area contributed by atoms with Crippen LogP contribution in [0.4, 0.5) is 10.2 Å². The number of hydrogen-bond donors (Lipinski definition) is 3. The van der Waals surface area contributed by atoms with E-state index in [9.17, 15) is 14.3 Å². The van der Waals surface area contributed by atoms with Gasteiger partial charge in [-0.3, -0.25) is 5.10 Å². The SMILES string of the molecule is COc1ccc(F)c2c1cc(C)n2CCNc1cc(-c2ccc(-c3[nH]ncc3C(=O)O)cc2)ncn1. The van der Waals surface area contributed by atoms with Crippen molar-refractivity contribution in [3.05, 3.63) is 78.1 Å². The molecule has 0 saturated heterocycles. The lowest BCUT2D eigenvalue weighted by atomic mass is 10.0. The van der Waals surface area contributed by atoms with E-state index in [4.69, 9.17) is 4.74 Å². The third kappa shape index (κ3) is 4.24. The van der Waals surface area contributed by atoms with Crippen molar-refractivity contribution in [3.63, 3.8) is 0 Å². The number of ether oxygens (including phenoxy) is 1. The van der Waals surface area contributed by atoms with E-state index in [2.05, 4.69) is 25.5 Å². The molecule has 36 heavy (non-hydrogen) atoms. The molecule has 3 aromatic heterocycles. The molecule has 3 heterocycles. The maximum Gasteiger partial charge on any atom is 0.339 e. The number of anilines is 1. The largest absolute Gasteiger partial charge is 0.496 e. The first-order chi connectivity index (χ1) is 17.5. The molecular weight excluding hydrogens is 463 g/mol. The van der Waals surface area contributed by atoms with Crippen molar-refractivity contribution in [1.82, 2.24) is 24.7 Å².